The van der Waals surface area contributed by atoms with Gasteiger partial charge in [-0.15, -0.1) is 11.3 Å². The summed E-state index contributed by atoms with van der Waals surface area (Å²) in [6, 6.07) is 7.09. The first-order valence-corrected chi connectivity index (χ1v) is 11.2. The molecule has 2 aliphatic heterocycles. The fourth-order valence-electron chi connectivity index (χ4n) is 4.92. The Balaban J connectivity index is 1.42. The van der Waals surface area contributed by atoms with Crippen LogP contribution in [-0.4, -0.2) is 35.4 Å². The summed E-state index contributed by atoms with van der Waals surface area (Å²) in [5.41, 5.74) is 0.935. The summed E-state index contributed by atoms with van der Waals surface area (Å²) >= 11 is 1.62. The van der Waals surface area contributed by atoms with Crippen molar-refractivity contribution in [1.29, 1.82) is 0 Å². The first-order valence-electron chi connectivity index (χ1n) is 10.3. The summed E-state index contributed by atoms with van der Waals surface area (Å²) in [6.45, 7) is 3.43. The Labute approximate surface area is 183 Å². The largest absolute Gasteiger partial charge is 0.355 e. The number of nitrogens with one attached hydrogen (secondary N) is 1. The number of benzene rings is 1. The highest BCUT2D eigenvalue weighted by Crippen LogP contribution is 2.43. The summed E-state index contributed by atoms with van der Waals surface area (Å²) in [4.78, 5) is 24.4. The van der Waals surface area contributed by atoms with Gasteiger partial charge in [0.1, 0.15) is 28.7 Å². The minimum absolute atomic E-state index is 0.0344. The number of hydrogen-bond donors (Lipinski definition) is 1. The molecule has 2 saturated heterocycles. The Kier molecular flexibility index (Phi) is 5.27. The SMILES string of the molecule is Cc1sc(-c2cccnc2)nc1N1CCC2NC(c3c(F)cccc3F)C(C=O)C2C1. The topological polar surface area (TPSA) is 58.1 Å². The highest BCUT2D eigenvalue weighted by atomic mass is 32.1. The van der Waals surface area contributed by atoms with Crippen molar-refractivity contribution in [1.82, 2.24) is 15.3 Å². The van der Waals surface area contributed by atoms with Gasteiger partial charge in [-0.3, -0.25) is 4.98 Å². The first-order chi connectivity index (χ1) is 15.1. The Morgan fingerprint density at radius 3 is 2.74 bits per heavy atom. The van der Waals surface area contributed by atoms with Gasteiger partial charge in [0, 0.05) is 65.4 Å². The molecule has 0 bridgehead atoms. The van der Waals surface area contributed by atoms with Gasteiger partial charge in [0.2, 0.25) is 0 Å². The van der Waals surface area contributed by atoms with Gasteiger partial charge in [-0.1, -0.05) is 6.07 Å². The molecule has 2 aliphatic rings. The van der Waals surface area contributed by atoms with Crippen LogP contribution in [0.1, 0.15) is 22.9 Å². The van der Waals surface area contributed by atoms with Gasteiger partial charge < -0.3 is 15.0 Å². The van der Waals surface area contributed by atoms with Crippen molar-refractivity contribution in [2.45, 2.75) is 25.4 Å². The Morgan fingerprint density at radius 2 is 2.03 bits per heavy atom. The van der Waals surface area contributed by atoms with Crippen LogP contribution in [0.3, 0.4) is 0 Å². The third-order valence-electron chi connectivity index (χ3n) is 6.38. The Hall–Kier alpha value is -2.71. The summed E-state index contributed by atoms with van der Waals surface area (Å²) in [6.07, 6.45) is 5.16. The van der Waals surface area contributed by atoms with Crippen LogP contribution in [0.25, 0.3) is 10.6 Å². The third kappa shape index (κ3) is 3.53. The smallest absolute Gasteiger partial charge is 0.143 e. The lowest BCUT2D eigenvalue weighted by Gasteiger charge is -2.36. The molecule has 4 heterocycles. The van der Waals surface area contributed by atoms with E-state index in [2.05, 4.69) is 15.2 Å². The third-order valence-corrected chi connectivity index (χ3v) is 7.39. The van der Waals surface area contributed by atoms with Gasteiger partial charge in [0.25, 0.3) is 0 Å². The zero-order valence-electron chi connectivity index (χ0n) is 17.0. The van der Waals surface area contributed by atoms with Crippen molar-refractivity contribution in [2.75, 3.05) is 18.0 Å². The van der Waals surface area contributed by atoms with Gasteiger partial charge in [0.05, 0.1) is 0 Å². The van der Waals surface area contributed by atoms with E-state index in [9.17, 15) is 13.6 Å². The number of piperidine rings is 1. The number of anilines is 1. The van der Waals surface area contributed by atoms with Gasteiger partial charge in [-0.05, 0) is 37.6 Å². The van der Waals surface area contributed by atoms with E-state index in [1.807, 2.05) is 19.1 Å². The fourth-order valence-corrected chi connectivity index (χ4v) is 5.84. The number of aromatic nitrogens is 2. The quantitative estimate of drug-likeness (QED) is 0.618. The molecule has 2 aromatic heterocycles. The van der Waals surface area contributed by atoms with Gasteiger partial charge >= 0.3 is 0 Å². The lowest BCUT2D eigenvalue weighted by molar-refractivity contribution is -0.112. The number of aryl methyl sites for hydroxylation is 1. The lowest BCUT2D eigenvalue weighted by atomic mass is 9.82. The fraction of sp³-hybridized carbons (Fsp3) is 0.348. The highest BCUT2D eigenvalue weighted by molar-refractivity contribution is 7.15. The summed E-state index contributed by atoms with van der Waals surface area (Å²) in [5, 5.41) is 4.25. The predicted molar refractivity (Wildman–Crippen MR) is 116 cm³/mol. The molecule has 1 N–H and O–H groups in total. The molecule has 1 aromatic carbocycles. The molecule has 0 amide bonds. The molecule has 4 unspecified atom stereocenters. The van der Waals surface area contributed by atoms with E-state index in [4.69, 9.17) is 4.98 Å². The minimum atomic E-state index is -0.656. The number of carbonyl (C=O) groups excluding carboxylic acids is 1. The molecule has 0 saturated carbocycles. The van der Waals surface area contributed by atoms with E-state index in [1.54, 1.807) is 23.7 Å². The number of thiazole rings is 1. The van der Waals surface area contributed by atoms with Gasteiger partial charge in [0.15, 0.2) is 0 Å². The molecule has 160 valence electrons. The molecule has 0 aliphatic carbocycles. The Bertz CT molecular complexity index is 1090. The molecular formula is C23H22F2N4OS. The average molecular weight is 441 g/mol. The minimum Gasteiger partial charge on any atom is -0.355 e. The number of hydrogen-bond acceptors (Lipinski definition) is 6. The van der Waals surface area contributed by atoms with Crippen LogP contribution in [0, 0.1) is 30.4 Å². The second-order valence-electron chi connectivity index (χ2n) is 8.14. The number of aldehydes is 1. The maximum atomic E-state index is 14.4. The molecule has 0 spiro atoms. The number of nitrogens with zero attached hydrogens (tertiary/aromatic N) is 3. The van der Waals surface area contributed by atoms with Gasteiger partial charge in [-0.2, -0.15) is 0 Å². The second-order valence-corrected chi connectivity index (χ2v) is 9.34. The van der Waals surface area contributed by atoms with Crippen LogP contribution in [-0.2, 0) is 4.79 Å². The van der Waals surface area contributed by atoms with E-state index < -0.39 is 23.6 Å². The summed E-state index contributed by atoms with van der Waals surface area (Å²) in [7, 11) is 0. The zero-order valence-corrected chi connectivity index (χ0v) is 17.8. The number of halogens is 2. The molecule has 4 atom stereocenters. The van der Waals surface area contributed by atoms with E-state index in [-0.39, 0.29) is 17.5 Å². The van der Waals surface area contributed by atoms with Crippen molar-refractivity contribution in [3.8, 4) is 10.6 Å². The second kappa shape index (κ2) is 8.09. The van der Waals surface area contributed by atoms with E-state index in [0.717, 1.165) is 40.5 Å². The maximum Gasteiger partial charge on any atom is 0.143 e. The van der Waals surface area contributed by atoms with E-state index >= 15 is 0 Å². The molecule has 8 heteroatoms. The van der Waals surface area contributed by atoms with Crippen molar-refractivity contribution in [3.63, 3.8) is 0 Å². The number of pyridine rings is 1. The van der Waals surface area contributed by atoms with Crippen LogP contribution in [0.2, 0.25) is 0 Å². The maximum absolute atomic E-state index is 14.4. The van der Waals surface area contributed by atoms with Crippen molar-refractivity contribution >= 4 is 23.4 Å². The molecule has 3 aromatic rings. The summed E-state index contributed by atoms with van der Waals surface area (Å²) < 4.78 is 28.9. The van der Waals surface area contributed by atoms with E-state index in [1.165, 1.54) is 18.2 Å². The van der Waals surface area contributed by atoms with Crippen LogP contribution < -0.4 is 10.2 Å². The molecular weight excluding hydrogens is 418 g/mol. The highest BCUT2D eigenvalue weighted by Gasteiger charge is 2.47. The van der Waals surface area contributed by atoms with Crippen LogP contribution in [0.4, 0.5) is 14.6 Å². The van der Waals surface area contributed by atoms with Crippen LogP contribution >= 0.6 is 11.3 Å². The van der Waals surface area contributed by atoms with Crippen molar-refractivity contribution < 1.29 is 13.6 Å². The zero-order chi connectivity index (χ0) is 21.5. The standard InChI is InChI=1S/C23H22F2N4OS/c1-13-22(28-23(31-13)14-4-3-8-26-10-14)29-9-7-19-15(11-29)16(12-30)21(27-19)20-17(24)5-2-6-18(20)25/h2-6,8,10,12,15-16,19,21,27H,7,9,11H2,1H3. The predicted octanol–water partition coefficient (Wildman–Crippen LogP) is 4.15. The first kappa shape index (κ1) is 20.2. The Morgan fingerprint density at radius 1 is 1.23 bits per heavy atom. The lowest BCUT2D eigenvalue weighted by Crippen LogP contribution is -2.46. The van der Waals surface area contributed by atoms with Crippen molar-refractivity contribution in [3.05, 3.63) is 64.8 Å². The van der Waals surface area contributed by atoms with Crippen LogP contribution in [0.15, 0.2) is 42.7 Å². The molecule has 0 radical (unpaired) electrons. The summed E-state index contributed by atoms with van der Waals surface area (Å²) in [5.74, 6) is -0.866. The number of carbonyl (C=O) groups is 1. The normalized spacial score (nSPS) is 25.5. The van der Waals surface area contributed by atoms with Crippen LogP contribution in [0.5, 0.6) is 0 Å². The number of fused-ring (bicyclic) bond motifs is 1. The molecule has 5 rings (SSSR count). The molecule has 2 fully saturated rings. The number of rotatable bonds is 4. The average Bonchev–Trinajstić information content (AvgIpc) is 3.34. The van der Waals surface area contributed by atoms with Crippen molar-refractivity contribution in [2.24, 2.45) is 11.8 Å². The van der Waals surface area contributed by atoms with Gasteiger partial charge in [-0.25, -0.2) is 13.8 Å². The van der Waals surface area contributed by atoms with E-state index in [0.29, 0.717) is 6.54 Å². The molecule has 31 heavy (non-hydrogen) atoms. The monoisotopic (exact) mass is 440 g/mol. The molecule has 5 nitrogen and oxygen atoms in total.